The number of carbonyl (C=O) groups excluding carboxylic acids is 3. The average molecular weight is 667 g/mol. The van der Waals surface area contributed by atoms with Gasteiger partial charge in [0.15, 0.2) is 0 Å². The van der Waals surface area contributed by atoms with E-state index in [1.54, 1.807) is 43.2 Å². The third kappa shape index (κ3) is 12.4. The molecule has 2 N–H and O–H groups in total. The maximum absolute atomic E-state index is 12.9. The second kappa shape index (κ2) is 19.2. The average Bonchev–Trinajstić information content (AvgIpc) is 3.62. The van der Waals surface area contributed by atoms with Crippen LogP contribution in [0.3, 0.4) is 0 Å². The lowest BCUT2D eigenvalue weighted by molar-refractivity contribution is -0.149. The number of carbonyl (C=O) groups is 5. The first kappa shape index (κ1) is 36.9. The molecule has 42 heavy (non-hydrogen) atoms. The maximum atomic E-state index is 12.9. The Kier molecular flexibility index (Phi) is 16.9. The molecule has 0 radical (unpaired) electrons. The summed E-state index contributed by atoms with van der Waals surface area (Å²) in [6.07, 6.45) is 5.16. The van der Waals surface area contributed by atoms with E-state index in [0.29, 0.717) is 56.7 Å². The molecule has 5 atom stereocenters. The van der Waals surface area contributed by atoms with Crippen molar-refractivity contribution in [1.29, 1.82) is 0 Å². The fourth-order valence-corrected chi connectivity index (χ4v) is 11.2. The van der Waals surface area contributed by atoms with Gasteiger partial charge in [0.05, 0.1) is 6.10 Å². The van der Waals surface area contributed by atoms with Crippen molar-refractivity contribution < 1.29 is 38.9 Å². The summed E-state index contributed by atoms with van der Waals surface area (Å²) in [5.41, 5.74) is 0. The van der Waals surface area contributed by atoms with Gasteiger partial charge in [0, 0.05) is 53.9 Å². The first-order valence-corrected chi connectivity index (χ1v) is 19.6. The van der Waals surface area contributed by atoms with Gasteiger partial charge in [-0.1, -0.05) is 63.4 Å². The van der Waals surface area contributed by atoms with Crippen molar-refractivity contribution in [2.24, 2.45) is 11.8 Å². The van der Waals surface area contributed by atoms with Crippen LogP contribution in [-0.2, 0) is 28.7 Å². The van der Waals surface area contributed by atoms with E-state index in [9.17, 15) is 34.2 Å². The Balaban J connectivity index is 1.81. The largest absolute Gasteiger partial charge is 0.480 e. The van der Waals surface area contributed by atoms with Crippen molar-refractivity contribution >= 4 is 72.9 Å². The number of hydrogen-bond donors (Lipinski definition) is 2. The Morgan fingerprint density at radius 3 is 1.76 bits per heavy atom. The molecule has 0 aromatic rings. The van der Waals surface area contributed by atoms with Gasteiger partial charge in [-0.15, -0.1) is 0 Å². The summed E-state index contributed by atoms with van der Waals surface area (Å²) in [6, 6.07) is -1.45. The smallest absolute Gasteiger partial charge is 0.326 e. The molecule has 2 saturated heterocycles. The molecule has 10 nitrogen and oxygen atoms in total. The van der Waals surface area contributed by atoms with E-state index in [2.05, 4.69) is 0 Å². The van der Waals surface area contributed by atoms with Gasteiger partial charge in [0.1, 0.15) is 12.1 Å². The molecular formula is C28H46N2O8S4. The standard InChI is InChI=1S/C28H46N2O8S4/c1-18(2)38-24(31)12-6-5-9-21(42-41-16-20(4)26(33)30-14-8-11-23(30)28(36)37)17-40-39-15-19(3)25(32)29-13-7-10-22(29)27(34)35/h18-23H,5-17H2,1-4H3,(H,34,35)(H,36,37). The van der Waals surface area contributed by atoms with Crippen molar-refractivity contribution in [2.45, 2.75) is 102 Å². The summed E-state index contributed by atoms with van der Waals surface area (Å²) in [5.74, 6) is -0.879. The van der Waals surface area contributed by atoms with Gasteiger partial charge in [-0.2, -0.15) is 0 Å². The van der Waals surface area contributed by atoms with Crippen LogP contribution >= 0.6 is 43.2 Å². The molecule has 0 bridgehead atoms. The zero-order valence-corrected chi connectivity index (χ0v) is 28.3. The van der Waals surface area contributed by atoms with Crippen LogP contribution in [0.1, 0.15) is 79.1 Å². The fourth-order valence-electron chi connectivity index (χ4n) is 4.92. The molecule has 2 aliphatic heterocycles. The molecule has 0 aromatic carbocycles. The van der Waals surface area contributed by atoms with Crippen LogP contribution in [0, 0.1) is 11.8 Å². The van der Waals surface area contributed by atoms with E-state index in [-0.39, 0.29) is 41.0 Å². The SMILES string of the molecule is CC(C)OC(=O)CCCCC(CSSCC(C)C(=O)N1CCCC1C(=O)O)SSCC(C)C(=O)N1CCCC1C(=O)O. The predicted molar refractivity (Wildman–Crippen MR) is 172 cm³/mol. The number of ether oxygens (including phenoxy) is 1. The lowest BCUT2D eigenvalue weighted by Crippen LogP contribution is -2.43. The third-order valence-corrected chi connectivity index (χ3v) is 13.1. The quantitative estimate of drug-likeness (QED) is 0.108. The minimum Gasteiger partial charge on any atom is -0.480 e. The highest BCUT2D eigenvalue weighted by molar-refractivity contribution is 8.78. The van der Waals surface area contributed by atoms with Crippen LogP contribution in [0.4, 0.5) is 0 Å². The summed E-state index contributed by atoms with van der Waals surface area (Å²) in [4.78, 5) is 63.6. The van der Waals surface area contributed by atoms with E-state index in [4.69, 9.17) is 4.74 Å². The van der Waals surface area contributed by atoms with Crippen LogP contribution in [0.2, 0.25) is 0 Å². The van der Waals surface area contributed by atoms with Crippen LogP contribution in [0.5, 0.6) is 0 Å². The Bertz CT molecular complexity index is 924. The first-order chi connectivity index (χ1) is 19.9. The summed E-state index contributed by atoms with van der Waals surface area (Å²) in [5, 5.41) is 19.1. The normalized spacial score (nSPS) is 20.9. The first-order valence-electron chi connectivity index (χ1n) is 14.7. The number of carboxylic acids is 2. The van der Waals surface area contributed by atoms with Crippen LogP contribution < -0.4 is 0 Å². The molecule has 0 saturated carbocycles. The van der Waals surface area contributed by atoms with Crippen molar-refractivity contribution in [3.63, 3.8) is 0 Å². The molecule has 2 aliphatic rings. The molecule has 0 aliphatic carbocycles. The van der Waals surface area contributed by atoms with Crippen LogP contribution in [0.15, 0.2) is 0 Å². The van der Waals surface area contributed by atoms with Gasteiger partial charge in [0.25, 0.3) is 0 Å². The Morgan fingerprint density at radius 2 is 1.26 bits per heavy atom. The van der Waals surface area contributed by atoms with Crippen molar-refractivity contribution in [2.75, 3.05) is 30.3 Å². The second-order valence-electron chi connectivity index (χ2n) is 11.2. The maximum Gasteiger partial charge on any atom is 0.326 e. The van der Waals surface area contributed by atoms with Crippen molar-refractivity contribution in [1.82, 2.24) is 9.80 Å². The molecule has 14 heteroatoms. The molecule has 2 rings (SSSR count). The number of carboxylic acid groups (broad SMARTS) is 2. The molecular weight excluding hydrogens is 621 g/mol. The van der Waals surface area contributed by atoms with E-state index < -0.39 is 24.0 Å². The molecule has 2 heterocycles. The number of rotatable bonds is 19. The van der Waals surface area contributed by atoms with Gasteiger partial charge < -0.3 is 24.7 Å². The number of likely N-dealkylation sites (tertiary alicyclic amines) is 2. The second-order valence-corrected chi connectivity index (χ2v) is 16.5. The summed E-state index contributed by atoms with van der Waals surface area (Å²) >= 11 is 0. The van der Waals surface area contributed by atoms with E-state index in [1.165, 1.54) is 9.80 Å². The fraction of sp³-hybridized carbons (Fsp3) is 0.821. The number of aliphatic carboxylic acids is 2. The monoisotopic (exact) mass is 666 g/mol. The van der Waals surface area contributed by atoms with E-state index in [1.807, 2.05) is 27.7 Å². The van der Waals surface area contributed by atoms with E-state index in [0.717, 1.165) is 25.0 Å². The molecule has 2 amide bonds. The highest BCUT2D eigenvalue weighted by atomic mass is 33.1. The lowest BCUT2D eigenvalue weighted by atomic mass is 10.1. The molecule has 0 spiro atoms. The minimum atomic E-state index is -0.944. The van der Waals surface area contributed by atoms with Gasteiger partial charge in [0.2, 0.25) is 11.8 Å². The van der Waals surface area contributed by atoms with Gasteiger partial charge in [-0.25, -0.2) is 9.59 Å². The lowest BCUT2D eigenvalue weighted by Gasteiger charge is -2.25. The minimum absolute atomic E-state index is 0.107. The Morgan fingerprint density at radius 1 is 0.762 bits per heavy atom. The van der Waals surface area contributed by atoms with Crippen molar-refractivity contribution in [3.8, 4) is 0 Å². The van der Waals surface area contributed by atoms with Crippen LogP contribution in [0.25, 0.3) is 0 Å². The molecule has 5 unspecified atom stereocenters. The zero-order chi connectivity index (χ0) is 31.2. The summed E-state index contributed by atoms with van der Waals surface area (Å²) in [6.45, 7) is 8.34. The summed E-state index contributed by atoms with van der Waals surface area (Å²) in [7, 11) is 6.63. The number of hydrogen-bond acceptors (Lipinski definition) is 10. The van der Waals surface area contributed by atoms with Gasteiger partial charge >= 0.3 is 17.9 Å². The van der Waals surface area contributed by atoms with Gasteiger partial charge in [-0.05, 0) is 52.4 Å². The predicted octanol–water partition coefficient (Wildman–Crippen LogP) is 5.05. The molecule has 0 aromatic heterocycles. The summed E-state index contributed by atoms with van der Waals surface area (Å²) < 4.78 is 5.22. The van der Waals surface area contributed by atoms with Crippen molar-refractivity contribution in [3.05, 3.63) is 0 Å². The van der Waals surface area contributed by atoms with E-state index >= 15 is 0 Å². The number of esters is 1. The number of nitrogens with zero attached hydrogens (tertiary/aromatic N) is 2. The third-order valence-electron chi connectivity index (χ3n) is 7.19. The zero-order valence-electron chi connectivity index (χ0n) is 25.0. The topological polar surface area (TPSA) is 142 Å². The molecule has 240 valence electrons. The van der Waals surface area contributed by atoms with Crippen LogP contribution in [-0.4, -0.2) is 104 Å². The number of amides is 2. The highest BCUT2D eigenvalue weighted by Gasteiger charge is 2.37. The van der Waals surface area contributed by atoms with Gasteiger partial charge in [-0.3, -0.25) is 14.4 Å². The number of unbranched alkanes of at least 4 members (excludes halogenated alkanes) is 1. The Labute approximate surface area is 265 Å². The molecule has 2 fully saturated rings. The highest BCUT2D eigenvalue weighted by Crippen LogP contribution is 2.37. The Hall–Kier alpha value is -1.25.